The number of ether oxygens (including phenoxy) is 3. The van der Waals surface area contributed by atoms with Crippen LogP contribution in [0.15, 0.2) is 36.4 Å². The number of para-hydroxylation sites is 2. The largest absolute Gasteiger partial charge is 0.493 e. The van der Waals surface area contributed by atoms with Crippen molar-refractivity contribution in [3.63, 3.8) is 0 Å². The van der Waals surface area contributed by atoms with Gasteiger partial charge < -0.3 is 19.9 Å². The Balaban J connectivity index is 2.11. The van der Waals surface area contributed by atoms with Crippen LogP contribution in [0, 0.1) is 6.92 Å². The van der Waals surface area contributed by atoms with E-state index in [1.54, 1.807) is 7.11 Å². The molecule has 0 unspecified atom stereocenters. The predicted octanol–water partition coefficient (Wildman–Crippen LogP) is 4.39. The topological polar surface area (TPSA) is 53.7 Å². The van der Waals surface area contributed by atoms with E-state index < -0.39 is 0 Å². The van der Waals surface area contributed by atoms with Crippen LogP contribution in [0.3, 0.4) is 0 Å². The molecule has 0 aliphatic carbocycles. The lowest BCUT2D eigenvalue weighted by Crippen LogP contribution is -2.18. The predicted molar refractivity (Wildman–Crippen MR) is 110 cm³/mol. The lowest BCUT2D eigenvalue weighted by molar-refractivity contribution is 0.207. The van der Waals surface area contributed by atoms with Crippen molar-refractivity contribution in [2.75, 3.05) is 20.3 Å². The van der Waals surface area contributed by atoms with E-state index in [1.165, 1.54) is 5.56 Å². The quantitative estimate of drug-likeness (QED) is 0.576. The second kappa shape index (κ2) is 8.41. The SMILES string of the molecule is COc1cccc(C(N)=S)c1OCCOc1c(C)cccc1C(C)(C)C. The highest BCUT2D eigenvalue weighted by Gasteiger charge is 2.20. The molecule has 0 fully saturated rings. The van der Waals surface area contributed by atoms with Gasteiger partial charge in [0.2, 0.25) is 0 Å². The summed E-state index contributed by atoms with van der Waals surface area (Å²) in [7, 11) is 1.59. The second-order valence-corrected chi connectivity index (χ2v) is 7.54. The number of methoxy groups -OCH3 is 1. The first-order valence-electron chi connectivity index (χ1n) is 8.58. The molecule has 0 saturated heterocycles. The monoisotopic (exact) mass is 373 g/mol. The van der Waals surface area contributed by atoms with Gasteiger partial charge in [0.05, 0.1) is 12.7 Å². The highest BCUT2D eigenvalue weighted by molar-refractivity contribution is 7.80. The van der Waals surface area contributed by atoms with Crippen LogP contribution in [0.5, 0.6) is 17.2 Å². The molecule has 5 heteroatoms. The highest BCUT2D eigenvalue weighted by atomic mass is 32.1. The van der Waals surface area contributed by atoms with Crippen molar-refractivity contribution in [3.05, 3.63) is 53.1 Å². The fraction of sp³-hybridized carbons (Fsp3) is 0.381. The summed E-state index contributed by atoms with van der Waals surface area (Å²) in [6, 6.07) is 11.7. The van der Waals surface area contributed by atoms with E-state index >= 15 is 0 Å². The number of thiocarbonyl (C=S) groups is 1. The van der Waals surface area contributed by atoms with Gasteiger partial charge in [0.25, 0.3) is 0 Å². The minimum absolute atomic E-state index is 0.00374. The van der Waals surface area contributed by atoms with Crippen LogP contribution in [0.2, 0.25) is 0 Å². The van der Waals surface area contributed by atoms with Gasteiger partial charge in [0.15, 0.2) is 11.5 Å². The summed E-state index contributed by atoms with van der Waals surface area (Å²) >= 11 is 5.10. The van der Waals surface area contributed by atoms with Gasteiger partial charge in [-0.25, -0.2) is 0 Å². The van der Waals surface area contributed by atoms with Gasteiger partial charge >= 0.3 is 0 Å². The molecule has 2 rings (SSSR count). The Kier molecular flexibility index (Phi) is 6.48. The van der Waals surface area contributed by atoms with E-state index in [9.17, 15) is 0 Å². The summed E-state index contributed by atoms with van der Waals surface area (Å²) in [5.74, 6) is 2.06. The Morgan fingerprint density at radius 2 is 1.62 bits per heavy atom. The summed E-state index contributed by atoms with van der Waals surface area (Å²) in [5.41, 5.74) is 8.74. The summed E-state index contributed by atoms with van der Waals surface area (Å²) in [5, 5.41) is 0. The van der Waals surface area contributed by atoms with Gasteiger partial charge in [-0.2, -0.15) is 0 Å². The van der Waals surface area contributed by atoms with Gasteiger partial charge in [-0.05, 0) is 35.6 Å². The molecule has 0 aliphatic rings. The first kappa shape index (κ1) is 20.0. The Labute approximate surface area is 161 Å². The molecule has 2 N–H and O–H groups in total. The number of nitrogens with two attached hydrogens (primary N) is 1. The van der Waals surface area contributed by atoms with Crippen LogP contribution < -0.4 is 19.9 Å². The maximum atomic E-state index is 6.06. The van der Waals surface area contributed by atoms with Gasteiger partial charge in [0, 0.05) is 0 Å². The summed E-state index contributed by atoms with van der Waals surface area (Å²) in [6.07, 6.45) is 0. The minimum atomic E-state index is 0.00374. The number of rotatable bonds is 7. The average molecular weight is 374 g/mol. The third kappa shape index (κ3) is 4.67. The maximum Gasteiger partial charge on any atom is 0.171 e. The van der Waals surface area contributed by atoms with Gasteiger partial charge in [-0.1, -0.05) is 57.3 Å². The van der Waals surface area contributed by atoms with E-state index in [0.717, 1.165) is 11.3 Å². The molecule has 0 atom stereocenters. The molecule has 0 heterocycles. The first-order valence-corrected chi connectivity index (χ1v) is 8.99. The smallest absolute Gasteiger partial charge is 0.171 e. The fourth-order valence-corrected chi connectivity index (χ4v) is 2.90. The van der Waals surface area contributed by atoms with E-state index in [-0.39, 0.29) is 10.4 Å². The molecule has 0 amide bonds. The maximum absolute atomic E-state index is 6.06. The van der Waals surface area contributed by atoms with Crippen molar-refractivity contribution in [1.29, 1.82) is 0 Å². The van der Waals surface area contributed by atoms with Crippen LogP contribution in [-0.4, -0.2) is 25.3 Å². The first-order chi connectivity index (χ1) is 12.3. The van der Waals surface area contributed by atoms with E-state index in [4.69, 9.17) is 32.2 Å². The molecule has 0 saturated carbocycles. The zero-order valence-electron chi connectivity index (χ0n) is 16.1. The van der Waals surface area contributed by atoms with Crippen LogP contribution >= 0.6 is 12.2 Å². The van der Waals surface area contributed by atoms with Crippen molar-refractivity contribution in [1.82, 2.24) is 0 Å². The van der Waals surface area contributed by atoms with Crippen molar-refractivity contribution < 1.29 is 14.2 Å². The summed E-state index contributed by atoms with van der Waals surface area (Å²) < 4.78 is 17.3. The molecule has 0 bridgehead atoms. The van der Waals surface area contributed by atoms with E-state index in [2.05, 4.69) is 45.9 Å². The molecule has 2 aromatic carbocycles. The lowest BCUT2D eigenvalue weighted by atomic mass is 9.85. The molecule has 4 nitrogen and oxygen atoms in total. The molecule has 0 spiro atoms. The van der Waals surface area contributed by atoms with Gasteiger partial charge in [-0.15, -0.1) is 0 Å². The van der Waals surface area contributed by atoms with Crippen LogP contribution in [0.1, 0.15) is 37.5 Å². The molecule has 0 radical (unpaired) electrons. The fourth-order valence-electron chi connectivity index (χ4n) is 2.74. The van der Waals surface area contributed by atoms with Crippen molar-refractivity contribution >= 4 is 17.2 Å². The molecule has 0 aliphatic heterocycles. The third-order valence-electron chi connectivity index (χ3n) is 4.06. The van der Waals surface area contributed by atoms with Gasteiger partial charge in [-0.3, -0.25) is 0 Å². The van der Waals surface area contributed by atoms with Gasteiger partial charge in [0.1, 0.15) is 24.0 Å². The number of hydrogen-bond donors (Lipinski definition) is 1. The molecule has 140 valence electrons. The van der Waals surface area contributed by atoms with Crippen molar-refractivity contribution in [2.24, 2.45) is 5.73 Å². The molecule has 26 heavy (non-hydrogen) atoms. The number of aryl methyl sites for hydroxylation is 1. The average Bonchev–Trinajstić information content (AvgIpc) is 2.58. The second-order valence-electron chi connectivity index (χ2n) is 7.10. The molecule has 2 aromatic rings. The molecule has 0 aromatic heterocycles. The summed E-state index contributed by atoms with van der Waals surface area (Å²) in [6.45, 7) is 9.34. The lowest BCUT2D eigenvalue weighted by Gasteiger charge is -2.24. The third-order valence-corrected chi connectivity index (χ3v) is 4.28. The Bertz CT molecular complexity index is 781. The Morgan fingerprint density at radius 1 is 1.00 bits per heavy atom. The zero-order chi connectivity index (χ0) is 19.3. The van der Waals surface area contributed by atoms with Crippen molar-refractivity contribution in [3.8, 4) is 17.2 Å². The van der Waals surface area contributed by atoms with E-state index in [1.807, 2.05) is 18.2 Å². The standard InChI is InChI=1S/C21H27NO3S/c1-14-8-6-10-16(21(2,3)4)18(14)24-12-13-25-19-15(20(22)26)9-7-11-17(19)23-5/h6-11H,12-13H2,1-5H3,(H2,22,26). The van der Waals surface area contributed by atoms with E-state index in [0.29, 0.717) is 30.3 Å². The van der Waals surface area contributed by atoms with Crippen LogP contribution in [0.25, 0.3) is 0 Å². The molecular weight excluding hydrogens is 346 g/mol. The number of hydrogen-bond acceptors (Lipinski definition) is 4. The van der Waals surface area contributed by atoms with Crippen molar-refractivity contribution in [2.45, 2.75) is 33.1 Å². The minimum Gasteiger partial charge on any atom is -0.493 e. The normalized spacial score (nSPS) is 11.1. The Hall–Kier alpha value is -2.27. The van der Waals surface area contributed by atoms with Crippen LogP contribution in [-0.2, 0) is 5.41 Å². The summed E-state index contributed by atoms with van der Waals surface area (Å²) in [4.78, 5) is 0.272. The molecular formula is C21H27NO3S. The Morgan fingerprint density at radius 3 is 2.19 bits per heavy atom. The zero-order valence-corrected chi connectivity index (χ0v) is 16.9. The highest BCUT2D eigenvalue weighted by Crippen LogP contribution is 2.34. The number of benzene rings is 2. The van der Waals surface area contributed by atoms with Crippen LogP contribution in [0.4, 0.5) is 0 Å².